The summed E-state index contributed by atoms with van der Waals surface area (Å²) in [6.45, 7) is 11.6. The van der Waals surface area contributed by atoms with E-state index >= 15 is 0 Å². The minimum absolute atomic E-state index is 0.218. The highest BCUT2D eigenvalue weighted by molar-refractivity contribution is 9.10. The Morgan fingerprint density at radius 2 is 1.91 bits per heavy atom. The van der Waals surface area contributed by atoms with Gasteiger partial charge in [-0.2, -0.15) is 0 Å². The number of rotatable bonds is 2. The molecule has 0 radical (unpaired) electrons. The van der Waals surface area contributed by atoms with Crippen LogP contribution in [0, 0.1) is 6.92 Å². The molecule has 1 aliphatic rings. The molecule has 0 aliphatic carbocycles. The molecule has 1 amide bonds. The molecule has 0 saturated carbocycles. The molecule has 0 spiro atoms. The normalized spacial score (nSPS) is 16.7. The Morgan fingerprint density at radius 3 is 2.45 bits per heavy atom. The van der Waals surface area contributed by atoms with Gasteiger partial charge < -0.3 is 9.64 Å². The standard InChI is InChI=1S/C16H24BrN3O2/c1-12-14(17)6-5-13(18-12)11-19-7-9-20(10-8-19)15(21)22-16(2,3)4/h5-6H,7-11H2,1-4H3. The number of amides is 1. The van der Waals surface area contributed by atoms with E-state index < -0.39 is 5.60 Å². The third-order valence-electron chi connectivity index (χ3n) is 3.49. The first-order valence-electron chi connectivity index (χ1n) is 7.57. The van der Waals surface area contributed by atoms with Gasteiger partial charge in [-0.15, -0.1) is 0 Å². The van der Waals surface area contributed by atoms with Gasteiger partial charge in [-0.25, -0.2) is 4.79 Å². The third-order valence-corrected chi connectivity index (χ3v) is 4.33. The maximum Gasteiger partial charge on any atom is 0.410 e. The number of piperazine rings is 1. The lowest BCUT2D eigenvalue weighted by Crippen LogP contribution is -2.49. The van der Waals surface area contributed by atoms with Crippen molar-refractivity contribution in [1.29, 1.82) is 0 Å². The van der Waals surface area contributed by atoms with Gasteiger partial charge in [0.15, 0.2) is 0 Å². The second-order valence-corrected chi connectivity index (χ2v) is 7.47. The van der Waals surface area contributed by atoms with Gasteiger partial charge in [-0.3, -0.25) is 9.88 Å². The van der Waals surface area contributed by atoms with E-state index in [2.05, 4.69) is 25.8 Å². The number of nitrogens with zero attached hydrogens (tertiary/aromatic N) is 3. The fraction of sp³-hybridized carbons (Fsp3) is 0.625. The smallest absolute Gasteiger partial charge is 0.410 e. The lowest BCUT2D eigenvalue weighted by atomic mass is 10.2. The number of hydrogen-bond acceptors (Lipinski definition) is 4. The predicted molar refractivity (Wildman–Crippen MR) is 89.8 cm³/mol. The monoisotopic (exact) mass is 369 g/mol. The van der Waals surface area contributed by atoms with Crippen molar-refractivity contribution in [3.05, 3.63) is 28.0 Å². The van der Waals surface area contributed by atoms with Gasteiger partial charge in [0.25, 0.3) is 0 Å². The van der Waals surface area contributed by atoms with Crippen LogP contribution >= 0.6 is 15.9 Å². The first kappa shape index (κ1) is 17.2. The minimum Gasteiger partial charge on any atom is -0.444 e. The van der Waals surface area contributed by atoms with Gasteiger partial charge in [-0.1, -0.05) is 0 Å². The topological polar surface area (TPSA) is 45.7 Å². The molecule has 1 aromatic heterocycles. The summed E-state index contributed by atoms with van der Waals surface area (Å²) in [6.07, 6.45) is -0.218. The van der Waals surface area contributed by atoms with Crippen LogP contribution in [0.4, 0.5) is 4.79 Å². The van der Waals surface area contributed by atoms with Gasteiger partial charge in [0.05, 0.1) is 11.4 Å². The van der Waals surface area contributed by atoms with Crippen molar-refractivity contribution >= 4 is 22.0 Å². The molecular weight excluding hydrogens is 346 g/mol. The summed E-state index contributed by atoms with van der Waals surface area (Å²) in [6, 6.07) is 4.08. The zero-order valence-electron chi connectivity index (χ0n) is 13.7. The van der Waals surface area contributed by atoms with E-state index in [0.29, 0.717) is 13.1 Å². The average Bonchev–Trinajstić information content (AvgIpc) is 2.42. The molecule has 2 heterocycles. The first-order valence-corrected chi connectivity index (χ1v) is 8.36. The van der Waals surface area contributed by atoms with Crippen molar-refractivity contribution in [2.75, 3.05) is 26.2 Å². The van der Waals surface area contributed by atoms with Crippen LogP contribution in [0.2, 0.25) is 0 Å². The van der Waals surface area contributed by atoms with E-state index in [4.69, 9.17) is 4.74 Å². The molecule has 6 heteroatoms. The number of pyridine rings is 1. The van der Waals surface area contributed by atoms with Gasteiger partial charge in [-0.05, 0) is 55.8 Å². The molecule has 0 bridgehead atoms. The Balaban J connectivity index is 1.84. The Bertz CT molecular complexity index is 535. The molecule has 22 heavy (non-hydrogen) atoms. The number of carbonyl (C=O) groups is 1. The lowest BCUT2D eigenvalue weighted by Gasteiger charge is -2.35. The molecule has 0 aromatic carbocycles. The van der Waals surface area contributed by atoms with Crippen molar-refractivity contribution < 1.29 is 9.53 Å². The van der Waals surface area contributed by atoms with E-state index in [1.807, 2.05) is 39.8 Å². The highest BCUT2D eigenvalue weighted by atomic mass is 79.9. The maximum atomic E-state index is 12.0. The maximum absolute atomic E-state index is 12.0. The largest absolute Gasteiger partial charge is 0.444 e. The van der Waals surface area contributed by atoms with Crippen molar-refractivity contribution in [3.8, 4) is 0 Å². The Kier molecular flexibility index (Phi) is 5.45. The van der Waals surface area contributed by atoms with E-state index in [9.17, 15) is 4.79 Å². The Hall–Kier alpha value is -1.14. The number of halogens is 1. The molecule has 5 nitrogen and oxygen atoms in total. The summed E-state index contributed by atoms with van der Waals surface area (Å²) in [4.78, 5) is 20.7. The predicted octanol–water partition coefficient (Wildman–Crippen LogP) is 3.21. The zero-order chi connectivity index (χ0) is 16.3. The zero-order valence-corrected chi connectivity index (χ0v) is 15.3. The lowest BCUT2D eigenvalue weighted by molar-refractivity contribution is 0.0138. The van der Waals surface area contributed by atoms with E-state index in [1.165, 1.54) is 0 Å². The van der Waals surface area contributed by atoms with E-state index in [-0.39, 0.29) is 6.09 Å². The molecule has 1 fully saturated rings. The van der Waals surface area contributed by atoms with Gasteiger partial charge >= 0.3 is 6.09 Å². The van der Waals surface area contributed by atoms with Crippen LogP contribution in [0.5, 0.6) is 0 Å². The summed E-state index contributed by atoms with van der Waals surface area (Å²) >= 11 is 3.47. The molecule has 2 rings (SSSR count). The third kappa shape index (κ3) is 4.95. The van der Waals surface area contributed by atoms with Gasteiger partial charge in [0.1, 0.15) is 5.60 Å². The minimum atomic E-state index is -0.437. The number of carbonyl (C=O) groups excluding carboxylic acids is 1. The Morgan fingerprint density at radius 1 is 1.27 bits per heavy atom. The van der Waals surface area contributed by atoms with Gasteiger partial charge in [0.2, 0.25) is 0 Å². The number of aromatic nitrogens is 1. The SMILES string of the molecule is Cc1nc(CN2CCN(C(=O)OC(C)(C)C)CC2)ccc1Br. The summed E-state index contributed by atoms with van der Waals surface area (Å²) in [5.41, 5.74) is 1.63. The number of ether oxygens (including phenoxy) is 1. The fourth-order valence-electron chi connectivity index (χ4n) is 2.33. The molecule has 122 valence electrons. The van der Waals surface area contributed by atoms with Crippen LogP contribution in [0.15, 0.2) is 16.6 Å². The van der Waals surface area contributed by atoms with Crippen LogP contribution in [0.3, 0.4) is 0 Å². The highest BCUT2D eigenvalue weighted by Gasteiger charge is 2.25. The van der Waals surface area contributed by atoms with Crippen LogP contribution in [-0.2, 0) is 11.3 Å². The van der Waals surface area contributed by atoms with Crippen molar-refractivity contribution in [2.24, 2.45) is 0 Å². The summed E-state index contributed by atoms with van der Waals surface area (Å²) in [5, 5.41) is 0. The average molecular weight is 370 g/mol. The molecule has 1 aliphatic heterocycles. The molecule has 0 atom stereocenters. The summed E-state index contributed by atoms with van der Waals surface area (Å²) < 4.78 is 6.44. The molecule has 0 unspecified atom stereocenters. The highest BCUT2D eigenvalue weighted by Crippen LogP contribution is 2.16. The van der Waals surface area contributed by atoms with E-state index in [1.54, 1.807) is 4.90 Å². The number of aryl methyl sites for hydroxylation is 1. The van der Waals surface area contributed by atoms with Crippen LogP contribution in [0.1, 0.15) is 32.2 Å². The molecular formula is C16H24BrN3O2. The second kappa shape index (κ2) is 6.96. The summed E-state index contributed by atoms with van der Waals surface area (Å²) in [5.74, 6) is 0. The van der Waals surface area contributed by atoms with Crippen molar-refractivity contribution in [1.82, 2.24) is 14.8 Å². The van der Waals surface area contributed by atoms with E-state index in [0.717, 1.165) is 35.5 Å². The van der Waals surface area contributed by atoms with Crippen molar-refractivity contribution in [3.63, 3.8) is 0 Å². The van der Waals surface area contributed by atoms with Gasteiger partial charge in [0, 0.05) is 37.2 Å². The molecule has 0 N–H and O–H groups in total. The molecule has 1 aromatic rings. The quantitative estimate of drug-likeness (QED) is 0.802. The summed E-state index contributed by atoms with van der Waals surface area (Å²) in [7, 11) is 0. The van der Waals surface area contributed by atoms with Crippen LogP contribution < -0.4 is 0 Å². The second-order valence-electron chi connectivity index (χ2n) is 6.61. The first-order chi connectivity index (χ1) is 10.2. The number of hydrogen-bond donors (Lipinski definition) is 0. The molecule has 1 saturated heterocycles. The fourth-order valence-corrected chi connectivity index (χ4v) is 2.55. The van der Waals surface area contributed by atoms with Crippen molar-refractivity contribution in [2.45, 2.75) is 39.8 Å². The van der Waals surface area contributed by atoms with Crippen LogP contribution in [-0.4, -0.2) is 52.7 Å². The Labute approximate surface area is 140 Å². The van der Waals surface area contributed by atoms with Crippen LogP contribution in [0.25, 0.3) is 0 Å².